The lowest BCUT2D eigenvalue weighted by atomic mass is 9.96. The second-order valence-electron chi connectivity index (χ2n) is 8.69. The average Bonchev–Trinajstić information content (AvgIpc) is 3.31. The molecule has 1 aromatic carbocycles. The molecule has 0 amide bonds. The number of ether oxygens (including phenoxy) is 1. The maximum atomic E-state index is 14.6. The Labute approximate surface area is 206 Å². The molecular formula is C26H37F2N5O2. The summed E-state index contributed by atoms with van der Waals surface area (Å²) in [6, 6.07) is 2.32. The fourth-order valence-electron chi connectivity index (χ4n) is 3.53. The van der Waals surface area contributed by atoms with Gasteiger partial charge in [-0.1, -0.05) is 25.9 Å². The van der Waals surface area contributed by atoms with E-state index in [1.807, 2.05) is 27.1 Å². The fourth-order valence-corrected chi connectivity index (χ4v) is 3.53. The predicted octanol–water partition coefficient (Wildman–Crippen LogP) is 5.98. The molecule has 1 aromatic heterocycles. The second kappa shape index (κ2) is 15.1. The summed E-state index contributed by atoms with van der Waals surface area (Å²) in [5.74, 6) is -0.766. The van der Waals surface area contributed by atoms with E-state index in [-0.39, 0.29) is 23.1 Å². The fraction of sp³-hybridized carbons (Fsp3) is 0.538. The third-order valence-electron chi connectivity index (χ3n) is 5.59. The van der Waals surface area contributed by atoms with Crippen molar-refractivity contribution in [1.29, 1.82) is 0 Å². The van der Waals surface area contributed by atoms with Crippen LogP contribution in [0.4, 0.5) is 8.78 Å². The molecule has 0 spiro atoms. The summed E-state index contributed by atoms with van der Waals surface area (Å²) in [6.45, 7) is 11.3. The minimum Gasteiger partial charge on any atom is -0.493 e. The first-order valence-corrected chi connectivity index (χ1v) is 12.1. The molecule has 0 bridgehead atoms. The zero-order valence-electron chi connectivity index (χ0n) is 21.2. The molecule has 0 radical (unpaired) electrons. The molecule has 0 aliphatic carbocycles. The van der Waals surface area contributed by atoms with Gasteiger partial charge in [0, 0.05) is 37.0 Å². The van der Waals surface area contributed by atoms with Crippen LogP contribution in [0.2, 0.25) is 0 Å². The zero-order chi connectivity index (χ0) is 25.6. The molecule has 1 heterocycles. The van der Waals surface area contributed by atoms with E-state index < -0.39 is 11.6 Å². The molecule has 1 N–H and O–H groups in total. The van der Waals surface area contributed by atoms with Crippen LogP contribution in [-0.2, 0) is 0 Å². The third kappa shape index (κ3) is 9.32. The molecule has 0 saturated heterocycles. The Morgan fingerprint density at radius 2 is 1.97 bits per heavy atom. The molecule has 1 atom stereocenters. The van der Waals surface area contributed by atoms with Gasteiger partial charge in [0.15, 0.2) is 0 Å². The smallest absolute Gasteiger partial charge is 0.229 e. The largest absolute Gasteiger partial charge is 0.493 e. The van der Waals surface area contributed by atoms with E-state index >= 15 is 0 Å². The van der Waals surface area contributed by atoms with Crippen molar-refractivity contribution in [2.45, 2.75) is 58.8 Å². The van der Waals surface area contributed by atoms with E-state index in [0.29, 0.717) is 18.4 Å². The Morgan fingerprint density at radius 3 is 2.57 bits per heavy atom. The highest BCUT2D eigenvalue weighted by molar-refractivity contribution is 5.78. The van der Waals surface area contributed by atoms with Crippen LogP contribution in [0.5, 0.6) is 5.75 Å². The van der Waals surface area contributed by atoms with Crippen LogP contribution >= 0.6 is 0 Å². The van der Waals surface area contributed by atoms with Crippen LogP contribution in [0.15, 0.2) is 38.4 Å². The van der Waals surface area contributed by atoms with Gasteiger partial charge in [0.2, 0.25) is 11.7 Å². The number of aliphatic imine (C=N–C) groups is 2. The van der Waals surface area contributed by atoms with Gasteiger partial charge in [0.25, 0.3) is 0 Å². The van der Waals surface area contributed by atoms with Gasteiger partial charge in [-0.15, -0.1) is 0 Å². The van der Waals surface area contributed by atoms with Gasteiger partial charge >= 0.3 is 0 Å². The molecule has 9 heteroatoms. The summed E-state index contributed by atoms with van der Waals surface area (Å²) in [6.07, 6.45) is 8.13. The first-order valence-electron chi connectivity index (χ1n) is 12.1. The van der Waals surface area contributed by atoms with E-state index in [1.165, 1.54) is 0 Å². The Hall–Kier alpha value is -2.94. The normalized spacial score (nSPS) is 13.1. The number of rotatable bonds is 16. The molecule has 35 heavy (non-hydrogen) atoms. The van der Waals surface area contributed by atoms with Crippen molar-refractivity contribution < 1.29 is 18.0 Å². The summed E-state index contributed by atoms with van der Waals surface area (Å²) in [5.41, 5.74) is 0.732. The number of aromatic nitrogens is 2. The summed E-state index contributed by atoms with van der Waals surface area (Å²) in [5, 5.41) is 6.89. The number of nitrogens with one attached hydrogen (secondary N) is 1. The number of allylic oxidation sites excluding steroid dienone is 1. The van der Waals surface area contributed by atoms with Crippen LogP contribution in [0.1, 0.15) is 64.7 Å². The Morgan fingerprint density at radius 1 is 1.23 bits per heavy atom. The van der Waals surface area contributed by atoms with Crippen molar-refractivity contribution >= 4 is 12.9 Å². The predicted molar refractivity (Wildman–Crippen MR) is 136 cm³/mol. The number of halogens is 2. The second-order valence-corrected chi connectivity index (χ2v) is 8.69. The first kappa shape index (κ1) is 28.3. The van der Waals surface area contributed by atoms with Gasteiger partial charge in [-0.3, -0.25) is 9.98 Å². The van der Waals surface area contributed by atoms with Crippen molar-refractivity contribution in [3.63, 3.8) is 0 Å². The number of hydrogen-bond donors (Lipinski definition) is 1. The molecular weight excluding hydrogens is 452 g/mol. The molecule has 2 rings (SSSR count). The van der Waals surface area contributed by atoms with Gasteiger partial charge in [-0.25, -0.2) is 8.78 Å². The SMILES string of the molecule is C=N/C=C(\C=NCCC(CCCOc1cc(F)c(-c2noc(C(C)C)n2)c(F)c1)CCNC)CC. The van der Waals surface area contributed by atoms with E-state index in [1.54, 1.807) is 6.20 Å². The minimum absolute atomic E-state index is 0.0334. The molecule has 2 aromatic rings. The van der Waals surface area contributed by atoms with E-state index in [9.17, 15) is 8.78 Å². The molecule has 0 aliphatic rings. The van der Waals surface area contributed by atoms with Crippen LogP contribution in [0.3, 0.4) is 0 Å². The standard InChI is InChI=1S/C26H37F2N5O2/c1-6-19(16-30-5)17-31-12-10-20(9-11-29-4)8-7-13-34-21-14-22(27)24(23(28)15-21)25-32-26(18(2)3)35-33-25/h14-18,20,29H,5-13H2,1-4H3/b19-16-,31-17?. The molecule has 1 unspecified atom stereocenters. The number of benzene rings is 1. The monoisotopic (exact) mass is 489 g/mol. The third-order valence-corrected chi connectivity index (χ3v) is 5.59. The van der Waals surface area contributed by atoms with E-state index in [0.717, 1.165) is 62.9 Å². The highest BCUT2D eigenvalue weighted by Gasteiger charge is 2.20. The Kier molecular flexibility index (Phi) is 12.2. The number of nitrogens with zero attached hydrogens (tertiary/aromatic N) is 4. The van der Waals surface area contributed by atoms with Crippen molar-refractivity contribution in [3.05, 3.63) is 41.4 Å². The maximum absolute atomic E-state index is 14.6. The van der Waals surface area contributed by atoms with Gasteiger partial charge in [0.05, 0.1) is 12.2 Å². The maximum Gasteiger partial charge on any atom is 0.229 e. The van der Waals surface area contributed by atoms with Crippen molar-refractivity contribution in [1.82, 2.24) is 15.5 Å². The van der Waals surface area contributed by atoms with E-state index in [4.69, 9.17) is 9.26 Å². The lowest BCUT2D eigenvalue weighted by Crippen LogP contribution is -2.15. The molecule has 0 fully saturated rings. The lowest BCUT2D eigenvalue weighted by molar-refractivity contribution is 0.283. The summed E-state index contributed by atoms with van der Waals surface area (Å²) < 4.78 is 39.9. The van der Waals surface area contributed by atoms with Gasteiger partial charge in [-0.05, 0) is 63.9 Å². The lowest BCUT2D eigenvalue weighted by Gasteiger charge is -2.16. The topological polar surface area (TPSA) is 84.9 Å². The minimum atomic E-state index is -0.784. The van der Waals surface area contributed by atoms with E-state index in [2.05, 4.69) is 39.1 Å². The Balaban J connectivity index is 1.88. The van der Waals surface area contributed by atoms with Gasteiger partial charge in [-0.2, -0.15) is 4.98 Å². The first-order chi connectivity index (χ1) is 16.9. The zero-order valence-corrected chi connectivity index (χ0v) is 21.2. The van der Waals surface area contributed by atoms with Crippen LogP contribution < -0.4 is 10.1 Å². The molecule has 0 aliphatic heterocycles. The number of hydrogen-bond acceptors (Lipinski definition) is 7. The van der Waals surface area contributed by atoms with Gasteiger partial charge in [0.1, 0.15) is 17.4 Å². The molecule has 192 valence electrons. The summed E-state index contributed by atoms with van der Waals surface area (Å²) in [7, 11) is 1.93. The average molecular weight is 490 g/mol. The van der Waals surface area contributed by atoms with Crippen molar-refractivity contribution in [3.8, 4) is 17.1 Å². The quantitative estimate of drug-likeness (QED) is 0.232. The van der Waals surface area contributed by atoms with Crippen LogP contribution in [0, 0.1) is 17.6 Å². The Bertz CT molecular complexity index is 965. The van der Waals surface area contributed by atoms with Crippen molar-refractivity contribution in [2.75, 3.05) is 26.7 Å². The summed E-state index contributed by atoms with van der Waals surface area (Å²) in [4.78, 5) is 12.4. The molecule has 7 nitrogen and oxygen atoms in total. The van der Waals surface area contributed by atoms with Crippen LogP contribution in [0.25, 0.3) is 11.4 Å². The van der Waals surface area contributed by atoms with Crippen molar-refractivity contribution in [2.24, 2.45) is 15.9 Å². The summed E-state index contributed by atoms with van der Waals surface area (Å²) >= 11 is 0. The molecule has 0 saturated carbocycles. The van der Waals surface area contributed by atoms with Gasteiger partial charge < -0.3 is 14.6 Å². The highest BCUT2D eigenvalue weighted by Crippen LogP contribution is 2.29. The highest BCUT2D eigenvalue weighted by atomic mass is 19.1. The van der Waals surface area contributed by atoms with Crippen LogP contribution in [-0.4, -0.2) is 49.8 Å².